The van der Waals surface area contributed by atoms with Crippen LogP contribution in [0, 0.1) is 0 Å². The summed E-state index contributed by atoms with van der Waals surface area (Å²) in [7, 11) is 0. The molecule has 0 radical (unpaired) electrons. The van der Waals surface area contributed by atoms with E-state index in [0.717, 1.165) is 11.1 Å². The summed E-state index contributed by atoms with van der Waals surface area (Å²) in [6.45, 7) is 12.3. The van der Waals surface area contributed by atoms with Crippen molar-refractivity contribution < 1.29 is 28.6 Å². The van der Waals surface area contributed by atoms with Gasteiger partial charge in [0.1, 0.15) is 23.1 Å². The second kappa shape index (κ2) is 9.64. The second-order valence-electron chi connectivity index (χ2n) is 10.2. The molecular weight excluding hydrogens is 414 g/mol. The first kappa shape index (κ1) is 25.9. The van der Waals surface area contributed by atoms with E-state index in [4.69, 9.17) is 30.5 Å². The molecule has 1 aromatic rings. The first-order valence-electron chi connectivity index (χ1n) is 10.8. The summed E-state index contributed by atoms with van der Waals surface area (Å²) in [4.78, 5) is 30.9. The maximum absolute atomic E-state index is 13.1. The van der Waals surface area contributed by atoms with Crippen LogP contribution in [0.5, 0.6) is 5.75 Å². The number of hydrogen-bond acceptors (Lipinski definition) is 8. The lowest BCUT2D eigenvalue weighted by atomic mass is 9.89. The van der Waals surface area contributed by atoms with Gasteiger partial charge in [-0.2, -0.15) is 5.48 Å². The van der Waals surface area contributed by atoms with E-state index < -0.39 is 35.0 Å². The molecule has 0 fully saturated rings. The van der Waals surface area contributed by atoms with E-state index in [0.29, 0.717) is 25.1 Å². The Morgan fingerprint density at radius 1 is 1.12 bits per heavy atom. The molecule has 1 aliphatic rings. The summed E-state index contributed by atoms with van der Waals surface area (Å²) in [5.74, 6) is -0.0406. The zero-order chi connectivity index (χ0) is 24.3. The molecule has 9 nitrogen and oxygen atoms in total. The number of aryl methyl sites for hydroxylation is 1. The van der Waals surface area contributed by atoms with Crippen molar-refractivity contribution in [2.45, 2.75) is 90.3 Å². The highest BCUT2D eigenvalue weighted by Gasteiger charge is 2.50. The van der Waals surface area contributed by atoms with Gasteiger partial charge in [0.25, 0.3) is 0 Å². The van der Waals surface area contributed by atoms with Crippen LogP contribution < -0.4 is 21.7 Å². The Morgan fingerprint density at radius 3 is 2.31 bits per heavy atom. The van der Waals surface area contributed by atoms with Gasteiger partial charge in [-0.3, -0.25) is 0 Å². The Bertz CT molecular complexity index is 830. The van der Waals surface area contributed by atoms with Crippen molar-refractivity contribution >= 4 is 12.1 Å². The zero-order valence-electron chi connectivity index (χ0n) is 20.1. The SMILES string of the molecule is CC(C)(C)OC(=O)NO[C@](C)(C(=O)OC(C)(C)C)[C@@H]1CCc2cc([C@H](N)CN)ccc2O1. The van der Waals surface area contributed by atoms with Crippen LogP contribution in [0.1, 0.15) is 72.1 Å². The summed E-state index contributed by atoms with van der Waals surface area (Å²) >= 11 is 0. The number of hydrogen-bond donors (Lipinski definition) is 3. The fraction of sp³-hybridized carbons (Fsp3) is 0.652. The maximum Gasteiger partial charge on any atom is 0.431 e. The van der Waals surface area contributed by atoms with Gasteiger partial charge in [0.05, 0.1) is 0 Å². The highest BCUT2D eigenvalue weighted by Crippen LogP contribution is 2.35. The van der Waals surface area contributed by atoms with E-state index in [1.165, 1.54) is 6.92 Å². The Balaban J connectivity index is 2.26. The van der Waals surface area contributed by atoms with Crippen LogP contribution in [0.25, 0.3) is 0 Å². The van der Waals surface area contributed by atoms with E-state index in [1.54, 1.807) is 41.5 Å². The molecule has 180 valence electrons. The first-order chi connectivity index (χ1) is 14.6. The van der Waals surface area contributed by atoms with Gasteiger partial charge in [0.15, 0.2) is 0 Å². The molecule has 0 spiro atoms. The van der Waals surface area contributed by atoms with Crippen LogP contribution in [-0.4, -0.2) is 41.5 Å². The van der Waals surface area contributed by atoms with Crippen LogP contribution >= 0.6 is 0 Å². The summed E-state index contributed by atoms with van der Waals surface area (Å²) in [5.41, 5.74) is 12.7. The van der Waals surface area contributed by atoms with Gasteiger partial charge in [-0.15, -0.1) is 0 Å². The molecule has 3 atom stereocenters. The minimum Gasteiger partial charge on any atom is -0.486 e. The van der Waals surface area contributed by atoms with Crippen LogP contribution in [0.15, 0.2) is 18.2 Å². The molecule has 0 saturated carbocycles. The quantitative estimate of drug-likeness (QED) is 0.444. The van der Waals surface area contributed by atoms with Crippen LogP contribution in [0.3, 0.4) is 0 Å². The third-order valence-electron chi connectivity index (χ3n) is 4.88. The fourth-order valence-corrected chi connectivity index (χ4v) is 3.23. The third kappa shape index (κ3) is 6.82. The average molecular weight is 452 g/mol. The van der Waals surface area contributed by atoms with Crippen LogP contribution in [-0.2, 0) is 25.5 Å². The van der Waals surface area contributed by atoms with Gasteiger partial charge in [-0.1, -0.05) is 12.1 Å². The smallest absolute Gasteiger partial charge is 0.431 e. The van der Waals surface area contributed by atoms with Crippen molar-refractivity contribution in [2.24, 2.45) is 11.5 Å². The molecule has 0 aliphatic carbocycles. The molecule has 0 bridgehead atoms. The average Bonchev–Trinajstić information content (AvgIpc) is 2.68. The maximum atomic E-state index is 13.1. The van der Waals surface area contributed by atoms with Crippen LogP contribution in [0.2, 0.25) is 0 Å². The van der Waals surface area contributed by atoms with Gasteiger partial charge in [0.2, 0.25) is 5.60 Å². The largest absolute Gasteiger partial charge is 0.486 e. The summed E-state index contributed by atoms with van der Waals surface area (Å²) in [5, 5.41) is 0. The summed E-state index contributed by atoms with van der Waals surface area (Å²) < 4.78 is 16.9. The monoisotopic (exact) mass is 451 g/mol. The highest BCUT2D eigenvalue weighted by molar-refractivity contribution is 5.81. The molecule has 1 aliphatic heterocycles. The lowest BCUT2D eigenvalue weighted by molar-refractivity contribution is -0.205. The molecule has 0 aromatic heterocycles. The molecule has 2 rings (SSSR count). The summed E-state index contributed by atoms with van der Waals surface area (Å²) in [6, 6.07) is 5.37. The van der Waals surface area contributed by atoms with Crippen molar-refractivity contribution in [1.29, 1.82) is 0 Å². The number of esters is 1. The molecule has 1 heterocycles. The lowest BCUT2D eigenvalue weighted by Crippen LogP contribution is -2.58. The minimum absolute atomic E-state index is 0.258. The number of benzene rings is 1. The van der Waals surface area contributed by atoms with E-state index >= 15 is 0 Å². The number of rotatable bonds is 6. The Labute approximate surface area is 190 Å². The molecule has 0 unspecified atom stereocenters. The van der Waals surface area contributed by atoms with Gasteiger partial charge < -0.3 is 25.7 Å². The number of ether oxygens (including phenoxy) is 3. The molecule has 32 heavy (non-hydrogen) atoms. The van der Waals surface area contributed by atoms with Crippen molar-refractivity contribution in [3.05, 3.63) is 29.3 Å². The zero-order valence-corrected chi connectivity index (χ0v) is 20.1. The fourth-order valence-electron chi connectivity index (χ4n) is 3.23. The lowest BCUT2D eigenvalue weighted by Gasteiger charge is -2.39. The molecule has 1 amide bonds. The van der Waals surface area contributed by atoms with E-state index in [9.17, 15) is 9.59 Å². The predicted octanol–water partition coefficient (Wildman–Crippen LogP) is 2.90. The van der Waals surface area contributed by atoms with E-state index in [2.05, 4.69) is 5.48 Å². The Morgan fingerprint density at radius 2 is 1.75 bits per heavy atom. The molecular formula is C23H37N3O6. The van der Waals surface area contributed by atoms with Gasteiger partial charge in [-0.25, -0.2) is 14.4 Å². The number of carbonyl (C=O) groups is 2. The van der Waals surface area contributed by atoms with Gasteiger partial charge in [0, 0.05) is 12.6 Å². The standard InChI is InChI=1S/C23H37N3O6/c1-21(2,3)30-19(27)23(7,32-26-20(28)31-22(4,5)6)18-11-9-15-12-14(16(25)13-24)8-10-17(15)29-18/h8,10,12,16,18H,9,11,13,24-25H2,1-7H3,(H,26,28)/t16-,18+,23+/m1/s1. The minimum atomic E-state index is -1.62. The van der Waals surface area contributed by atoms with Gasteiger partial charge >= 0.3 is 12.1 Å². The molecule has 0 saturated heterocycles. The Hall–Kier alpha value is -2.36. The van der Waals surface area contributed by atoms with Crippen molar-refractivity contribution in [3.63, 3.8) is 0 Å². The number of hydroxylamine groups is 1. The van der Waals surface area contributed by atoms with Crippen LogP contribution in [0.4, 0.5) is 4.79 Å². The number of fused-ring (bicyclic) bond motifs is 1. The molecule has 1 aromatic carbocycles. The normalized spacial score (nSPS) is 19.1. The van der Waals surface area contributed by atoms with Crippen molar-refractivity contribution in [3.8, 4) is 5.75 Å². The van der Waals surface area contributed by atoms with E-state index in [1.807, 2.05) is 18.2 Å². The summed E-state index contributed by atoms with van der Waals surface area (Å²) in [6.07, 6.45) is -0.447. The number of carbonyl (C=O) groups excluding carboxylic acids is 2. The second-order valence-corrected chi connectivity index (χ2v) is 10.2. The van der Waals surface area contributed by atoms with E-state index in [-0.39, 0.29) is 6.04 Å². The van der Waals surface area contributed by atoms with Gasteiger partial charge in [-0.05, 0) is 78.5 Å². The topological polar surface area (TPSA) is 135 Å². The third-order valence-corrected chi connectivity index (χ3v) is 4.88. The van der Waals surface area contributed by atoms with Crippen molar-refractivity contribution in [2.75, 3.05) is 6.54 Å². The number of nitrogens with two attached hydrogens (primary N) is 2. The first-order valence-corrected chi connectivity index (χ1v) is 10.8. The number of amides is 1. The molecule has 9 heteroatoms. The Kier molecular flexibility index (Phi) is 7.80. The predicted molar refractivity (Wildman–Crippen MR) is 120 cm³/mol. The van der Waals surface area contributed by atoms with Crippen molar-refractivity contribution in [1.82, 2.24) is 5.48 Å². The molecule has 5 N–H and O–H groups in total. The highest BCUT2D eigenvalue weighted by atomic mass is 16.7. The number of nitrogens with one attached hydrogen (secondary N) is 1.